The summed E-state index contributed by atoms with van der Waals surface area (Å²) >= 11 is 0. The van der Waals surface area contributed by atoms with Crippen molar-refractivity contribution in [1.29, 1.82) is 0 Å². The highest BCUT2D eigenvalue weighted by atomic mass is 16.8. The lowest BCUT2D eigenvalue weighted by molar-refractivity contribution is -0.186. The number of hydrogen-bond donors (Lipinski definition) is 2. The number of hydroxylamine groups is 1. The average molecular weight is 288 g/mol. The van der Waals surface area contributed by atoms with Gasteiger partial charge in [-0.15, -0.1) is 0 Å². The molecule has 1 aliphatic rings. The molecule has 1 fully saturated rings. The van der Waals surface area contributed by atoms with Crippen molar-refractivity contribution in [2.45, 2.75) is 25.6 Å². The SMILES string of the molecule is O=C(NOC1CCCCO1)c1cc(=O)[nH]c2ccccc12. The van der Waals surface area contributed by atoms with Gasteiger partial charge in [0.05, 0.1) is 5.56 Å². The van der Waals surface area contributed by atoms with Crippen molar-refractivity contribution in [1.82, 2.24) is 10.5 Å². The number of nitrogens with one attached hydrogen (secondary N) is 2. The maximum Gasteiger partial charge on any atom is 0.275 e. The fraction of sp³-hybridized carbons (Fsp3) is 0.333. The smallest absolute Gasteiger partial charge is 0.275 e. The molecule has 1 atom stereocenters. The molecule has 0 saturated carbocycles. The van der Waals surface area contributed by atoms with Gasteiger partial charge in [-0.2, -0.15) is 0 Å². The molecule has 1 amide bonds. The van der Waals surface area contributed by atoms with Gasteiger partial charge in [0.2, 0.25) is 5.56 Å². The second-order valence-electron chi connectivity index (χ2n) is 4.94. The molecular weight excluding hydrogens is 272 g/mol. The van der Waals surface area contributed by atoms with Crippen LogP contribution in [0.25, 0.3) is 10.9 Å². The van der Waals surface area contributed by atoms with Gasteiger partial charge >= 0.3 is 0 Å². The molecule has 2 N–H and O–H groups in total. The van der Waals surface area contributed by atoms with Crippen LogP contribution in [0.2, 0.25) is 0 Å². The highest BCUT2D eigenvalue weighted by molar-refractivity contribution is 6.05. The summed E-state index contributed by atoms with van der Waals surface area (Å²) in [5.41, 5.74) is 2.94. The molecule has 3 rings (SSSR count). The minimum absolute atomic E-state index is 0.283. The molecule has 6 nitrogen and oxygen atoms in total. The van der Waals surface area contributed by atoms with E-state index in [1.807, 2.05) is 6.07 Å². The summed E-state index contributed by atoms with van der Waals surface area (Å²) in [6.45, 7) is 0.633. The Labute approximate surface area is 121 Å². The Morgan fingerprint density at radius 1 is 1.33 bits per heavy atom. The number of carbonyl (C=O) groups excluding carboxylic acids is 1. The first-order valence-corrected chi connectivity index (χ1v) is 6.94. The molecule has 21 heavy (non-hydrogen) atoms. The summed E-state index contributed by atoms with van der Waals surface area (Å²) in [5.74, 6) is -0.452. The number of amides is 1. The molecule has 1 aromatic carbocycles. The van der Waals surface area contributed by atoms with Crippen molar-refractivity contribution < 1.29 is 14.4 Å². The van der Waals surface area contributed by atoms with Gasteiger partial charge in [-0.1, -0.05) is 18.2 Å². The van der Waals surface area contributed by atoms with E-state index in [0.717, 1.165) is 19.3 Å². The van der Waals surface area contributed by atoms with E-state index >= 15 is 0 Å². The van der Waals surface area contributed by atoms with Crippen LogP contribution in [-0.4, -0.2) is 23.8 Å². The fourth-order valence-electron chi connectivity index (χ4n) is 2.37. The molecule has 1 unspecified atom stereocenters. The zero-order valence-corrected chi connectivity index (χ0v) is 11.4. The predicted octanol–water partition coefficient (Wildman–Crippen LogP) is 1.72. The fourth-order valence-corrected chi connectivity index (χ4v) is 2.37. The van der Waals surface area contributed by atoms with Gasteiger partial charge in [0.25, 0.3) is 5.91 Å². The summed E-state index contributed by atoms with van der Waals surface area (Å²) in [5, 5.41) is 0.669. The zero-order valence-electron chi connectivity index (χ0n) is 11.4. The van der Waals surface area contributed by atoms with Crippen LogP contribution < -0.4 is 11.0 Å². The molecule has 110 valence electrons. The summed E-state index contributed by atoms with van der Waals surface area (Å²) in [6, 6.07) is 8.40. The molecule has 1 aliphatic heterocycles. The van der Waals surface area contributed by atoms with Gasteiger partial charge in [0.15, 0.2) is 6.29 Å². The molecule has 1 saturated heterocycles. The van der Waals surface area contributed by atoms with Crippen LogP contribution in [0.3, 0.4) is 0 Å². The summed E-state index contributed by atoms with van der Waals surface area (Å²) in [7, 11) is 0. The van der Waals surface area contributed by atoms with Crippen molar-refractivity contribution in [3.63, 3.8) is 0 Å². The number of para-hydroxylation sites is 1. The molecule has 1 aromatic heterocycles. The predicted molar refractivity (Wildman–Crippen MR) is 76.7 cm³/mol. The van der Waals surface area contributed by atoms with Crippen molar-refractivity contribution in [3.8, 4) is 0 Å². The van der Waals surface area contributed by atoms with Gasteiger partial charge in [-0.25, -0.2) is 10.3 Å². The highest BCUT2D eigenvalue weighted by Gasteiger charge is 2.17. The largest absolute Gasteiger partial charge is 0.350 e. The first-order chi connectivity index (χ1) is 10.2. The minimum Gasteiger partial charge on any atom is -0.350 e. The van der Waals surface area contributed by atoms with E-state index in [1.54, 1.807) is 18.2 Å². The van der Waals surface area contributed by atoms with Gasteiger partial charge in [0.1, 0.15) is 0 Å². The maximum atomic E-state index is 12.2. The van der Waals surface area contributed by atoms with E-state index in [2.05, 4.69) is 10.5 Å². The number of hydrogen-bond acceptors (Lipinski definition) is 4. The summed E-state index contributed by atoms with van der Waals surface area (Å²) < 4.78 is 5.37. The third-order valence-electron chi connectivity index (χ3n) is 3.42. The van der Waals surface area contributed by atoms with Crippen LogP contribution in [0.15, 0.2) is 35.1 Å². The van der Waals surface area contributed by atoms with Crippen molar-refractivity contribution >= 4 is 16.8 Å². The van der Waals surface area contributed by atoms with Crippen LogP contribution in [0.5, 0.6) is 0 Å². The molecule has 2 heterocycles. The molecular formula is C15H16N2O4. The number of rotatable bonds is 3. The maximum absolute atomic E-state index is 12.2. The second-order valence-corrected chi connectivity index (χ2v) is 4.94. The van der Waals surface area contributed by atoms with Gasteiger partial charge < -0.3 is 9.72 Å². The van der Waals surface area contributed by atoms with E-state index in [1.165, 1.54) is 6.07 Å². The van der Waals surface area contributed by atoms with E-state index in [9.17, 15) is 9.59 Å². The number of benzene rings is 1. The number of pyridine rings is 1. The number of H-pyrrole nitrogens is 1. The highest BCUT2D eigenvalue weighted by Crippen LogP contribution is 2.16. The number of fused-ring (bicyclic) bond motifs is 1. The van der Waals surface area contributed by atoms with Crippen LogP contribution >= 0.6 is 0 Å². The van der Waals surface area contributed by atoms with Crippen molar-refractivity contribution in [2.24, 2.45) is 0 Å². The Morgan fingerprint density at radius 3 is 3.00 bits per heavy atom. The summed E-state index contributed by atoms with van der Waals surface area (Å²) in [4.78, 5) is 31.8. The lowest BCUT2D eigenvalue weighted by Crippen LogP contribution is -2.33. The molecule has 6 heteroatoms. The number of aromatic amines is 1. The third-order valence-corrected chi connectivity index (χ3v) is 3.42. The molecule has 2 aromatic rings. The van der Waals surface area contributed by atoms with Crippen molar-refractivity contribution in [3.05, 3.63) is 46.2 Å². The lowest BCUT2D eigenvalue weighted by Gasteiger charge is -2.22. The second kappa shape index (κ2) is 6.07. The number of ether oxygens (including phenoxy) is 1. The van der Waals surface area contributed by atoms with Crippen LogP contribution in [0, 0.1) is 0 Å². The zero-order chi connectivity index (χ0) is 14.7. The van der Waals surface area contributed by atoms with E-state index < -0.39 is 12.2 Å². The molecule has 0 spiro atoms. The topological polar surface area (TPSA) is 80.4 Å². The normalized spacial score (nSPS) is 18.6. The molecule has 0 radical (unpaired) electrons. The van der Waals surface area contributed by atoms with Gasteiger partial charge in [-0.3, -0.25) is 9.59 Å². The monoisotopic (exact) mass is 288 g/mol. The quantitative estimate of drug-likeness (QED) is 0.843. The standard InChI is InChI=1S/C15H16N2O4/c18-13-9-11(10-5-1-2-6-12(10)16-13)15(19)17-21-14-7-3-4-8-20-14/h1-2,5-6,9,14H,3-4,7-8H2,(H,16,18)(H,17,19). The number of carbonyl (C=O) groups is 1. The Balaban J connectivity index is 1.79. The van der Waals surface area contributed by atoms with Gasteiger partial charge in [-0.05, 0) is 18.9 Å². The Hall–Kier alpha value is -2.18. The van der Waals surface area contributed by atoms with Crippen LogP contribution in [0.4, 0.5) is 0 Å². The van der Waals surface area contributed by atoms with Gasteiger partial charge in [0, 0.05) is 30.0 Å². The Kier molecular flexibility index (Phi) is 3.98. The number of aromatic nitrogens is 1. The van der Waals surface area contributed by atoms with E-state index in [-0.39, 0.29) is 11.1 Å². The van der Waals surface area contributed by atoms with Crippen molar-refractivity contribution in [2.75, 3.05) is 6.61 Å². The van der Waals surface area contributed by atoms with E-state index in [0.29, 0.717) is 17.5 Å². The Morgan fingerprint density at radius 2 is 2.19 bits per heavy atom. The minimum atomic E-state index is -0.452. The average Bonchev–Trinajstić information content (AvgIpc) is 2.52. The summed E-state index contributed by atoms with van der Waals surface area (Å²) in [6.07, 6.45) is 2.34. The lowest BCUT2D eigenvalue weighted by atomic mass is 10.1. The molecule has 0 aliphatic carbocycles. The van der Waals surface area contributed by atoms with Crippen LogP contribution in [0.1, 0.15) is 29.6 Å². The van der Waals surface area contributed by atoms with Crippen LogP contribution in [-0.2, 0) is 9.57 Å². The Bertz CT molecular complexity index is 704. The first kappa shape index (κ1) is 13.8. The molecule has 0 bridgehead atoms. The third kappa shape index (κ3) is 3.12. The van der Waals surface area contributed by atoms with E-state index in [4.69, 9.17) is 9.57 Å². The first-order valence-electron chi connectivity index (χ1n) is 6.94.